The first-order chi connectivity index (χ1) is 7.86. The van der Waals surface area contributed by atoms with E-state index in [0.717, 1.165) is 43.7 Å². The third kappa shape index (κ3) is 1.60. The van der Waals surface area contributed by atoms with Gasteiger partial charge in [-0.25, -0.2) is 4.68 Å². The van der Waals surface area contributed by atoms with Gasteiger partial charge in [-0.2, -0.15) is 0 Å². The van der Waals surface area contributed by atoms with Crippen molar-refractivity contribution in [2.75, 3.05) is 19.8 Å². The van der Waals surface area contributed by atoms with E-state index in [0.29, 0.717) is 13.2 Å². The molecule has 0 saturated carbocycles. The molecule has 16 heavy (non-hydrogen) atoms. The summed E-state index contributed by atoms with van der Waals surface area (Å²) in [4.78, 5) is 12.1. The second-order valence-electron chi connectivity index (χ2n) is 4.39. The lowest BCUT2D eigenvalue weighted by atomic mass is 10.1. The van der Waals surface area contributed by atoms with Gasteiger partial charge in [0, 0.05) is 25.3 Å². The van der Waals surface area contributed by atoms with Crippen LogP contribution in [0.15, 0.2) is 4.79 Å². The SMILES string of the molecule is O=c1c2c([nH]n1C1CCOCC1)CCOC2. The van der Waals surface area contributed by atoms with Gasteiger partial charge < -0.3 is 9.47 Å². The summed E-state index contributed by atoms with van der Waals surface area (Å²) in [6.07, 6.45) is 2.65. The van der Waals surface area contributed by atoms with Crippen LogP contribution in [0.25, 0.3) is 0 Å². The molecule has 1 N–H and O–H groups in total. The van der Waals surface area contributed by atoms with Crippen molar-refractivity contribution < 1.29 is 9.47 Å². The largest absolute Gasteiger partial charge is 0.381 e. The van der Waals surface area contributed by atoms with Gasteiger partial charge >= 0.3 is 0 Å². The zero-order valence-corrected chi connectivity index (χ0v) is 9.20. The van der Waals surface area contributed by atoms with Gasteiger partial charge in [-0.1, -0.05) is 0 Å². The maximum atomic E-state index is 12.1. The highest BCUT2D eigenvalue weighted by atomic mass is 16.5. The molecule has 5 heteroatoms. The summed E-state index contributed by atoms with van der Waals surface area (Å²) >= 11 is 0. The molecule has 1 aromatic heterocycles. The minimum atomic E-state index is 0.0987. The van der Waals surface area contributed by atoms with Gasteiger partial charge in [-0.3, -0.25) is 9.89 Å². The lowest BCUT2D eigenvalue weighted by molar-refractivity contribution is 0.0652. The van der Waals surface area contributed by atoms with Gasteiger partial charge in [0.05, 0.1) is 24.8 Å². The number of fused-ring (bicyclic) bond motifs is 1. The van der Waals surface area contributed by atoms with E-state index in [9.17, 15) is 4.79 Å². The van der Waals surface area contributed by atoms with E-state index < -0.39 is 0 Å². The van der Waals surface area contributed by atoms with Crippen LogP contribution in [0.2, 0.25) is 0 Å². The molecule has 88 valence electrons. The van der Waals surface area contributed by atoms with Gasteiger partial charge in [0.1, 0.15) is 0 Å². The van der Waals surface area contributed by atoms with E-state index in [1.54, 1.807) is 4.68 Å². The zero-order chi connectivity index (χ0) is 11.0. The monoisotopic (exact) mass is 224 g/mol. The van der Waals surface area contributed by atoms with E-state index in [1.165, 1.54) is 0 Å². The highest BCUT2D eigenvalue weighted by molar-refractivity contribution is 5.18. The Kier molecular flexibility index (Phi) is 2.57. The minimum Gasteiger partial charge on any atom is -0.381 e. The smallest absolute Gasteiger partial charge is 0.272 e. The van der Waals surface area contributed by atoms with Crippen molar-refractivity contribution in [1.29, 1.82) is 0 Å². The molecule has 0 spiro atoms. The maximum Gasteiger partial charge on any atom is 0.272 e. The fraction of sp³-hybridized carbons (Fsp3) is 0.727. The minimum absolute atomic E-state index is 0.0987. The average molecular weight is 224 g/mol. The van der Waals surface area contributed by atoms with Crippen LogP contribution in [0.5, 0.6) is 0 Å². The second-order valence-corrected chi connectivity index (χ2v) is 4.39. The summed E-state index contributed by atoms with van der Waals surface area (Å²) in [5.41, 5.74) is 1.97. The second kappa shape index (κ2) is 4.07. The summed E-state index contributed by atoms with van der Waals surface area (Å²) in [5, 5.41) is 3.24. The Bertz CT molecular complexity index is 429. The first-order valence-electron chi connectivity index (χ1n) is 5.84. The Morgan fingerprint density at radius 1 is 1.19 bits per heavy atom. The van der Waals surface area contributed by atoms with E-state index >= 15 is 0 Å². The molecule has 1 aromatic rings. The molecule has 2 aliphatic rings. The predicted octanol–water partition coefficient (Wildman–Crippen LogP) is 0.601. The van der Waals surface area contributed by atoms with E-state index in [-0.39, 0.29) is 11.6 Å². The molecule has 0 aromatic carbocycles. The maximum absolute atomic E-state index is 12.1. The number of hydrogen-bond donors (Lipinski definition) is 1. The lowest BCUT2D eigenvalue weighted by Gasteiger charge is -2.22. The van der Waals surface area contributed by atoms with Crippen molar-refractivity contribution in [2.24, 2.45) is 0 Å². The molecular weight excluding hydrogens is 208 g/mol. The Hall–Kier alpha value is -1.07. The molecule has 5 nitrogen and oxygen atoms in total. The van der Waals surface area contributed by atoms with Crippen molar-refractivity contribution in [3.8, 4) is 0 Å². The lowest BCUT2D eigenvalue weighted by Crippen LogP contribution is -2.28. The Morgan fingerprint density at radius 2 is 2.00 bits per heavy atom. The fourth-order valence-corrected chi connectivity index (χ4v) is 2.44. The summed E-state index contributed by atoms with van der Waals surface area (Å²) in [6.45, 7) is 2.66. The van der Waals surface area contributed by atoms with Crippen molar-refractivity contribution >= 4 is 0 Å². The number of hydrogen-bond acceptors (Lipinski definition) is 3. The van der Waals surface area contributed by atoms with Crippen LogP contribution in [0.4, 0.5) is 0 Å². The highest BCUT2D eigenvalue weighted by Gasteiger charge is 2.23. The number of nitrogens with one attached hydrogen (secondary N) is 1. The molecule has 0 amide bonds. The number of nitrogens with zero attached hydrogens (tertiary/aromatic N) is 1. The van der Waals surface area contributed by atoms with Crippen LogP contribution in [-0.4, -0.2) is 29.6 Å². The van der Waals surface area contributed by atoms with Crippen LogP contribution < -0.4 is 5.56 Å². The summed E-state index contributed by atoms with van der Waals surface area (Å²) in [7, 11) is 0. The van der Waals surface area contributed by atoms with Crippen molar-refractivity contribution in [3.63, 3.8) is 0 Å². The number of aromatic nitrogens is 2. The topological polar surface area (TPSA) is 56.2 Å². The Balaban J connectivity index is 1.94. The molecule has 0 bridgehead atoms. The zero-order valence-electron chi connectivity index (χ0n) is 9.20. The molecule has 0 radical (unpaired) electrons. The highest BCUT2D eigenvalue weighted by Crippen LogP contribution is 2.20. The third-order valence-corrected chi connectivity index (χ3v) is 3.40. The molecule has 3 heterocycles. The summed E-state index contributed by atoms with van der Waals surface area (Å²) < 4.78 is 12.4. The number of aromatic amines is 1. The van der Waals surface area contributed by atoms with Crippen LogP contribution in [0, 0.1) is 0 Å². The van der Waals surface area contributed by atoms with Crippen LogP contribution >= 0.6 is 0 Å². The molecule has 0 atom stereocenters. The normalized spacial score (nSPS) is 22.0. The molecule has 0 aliphatic carbocycles. The van der Waals surface area contributed by atoms with E-state index in [1.807, 2.05) is 0 Å². The molecule has 1 fully saturated rings. The van der Waals surface area contributed by atoms with E-state index in [4.69, 9.17) is 9.47 Å². The van der Waals surface area contributed by atoms with Gasteiger partial charge in [0.25, 0.3) is 5.56 Å². The van der Waals surface area contributed by atoms with Crippen LogP contribution in [-0.2, 0) is 22.5 Å². The Morgan fingerprint density at radius 3 is 2.75 bits per heavy atom. The number of rotatable bonds is 1. The van der Waals surface area contributed by atoms with Crippen LogP contribution in [0.3, 0.4) is 0 Å². The van der Waals surface area contributed by atoms with Gasteiger partial charge in [-0.15, -0.1) is 0 Å². The summed E-state index contributed by atoms with van der Waals surface area (Å²) in [5.74, 6) is 0. The van der Waals surface area contributed by atoms with Gasteiger partial charge in [-0.05, 0) is 12.8 Å². The fourth-order valence-electron chi connectivity index (χ4n) is 2.44. The van der Waals surface area contributed by atoms with E-state index in [2.05, 4.69) is 5.10 Å². The predicted molar refractivity (Wildman–Crippen MR) is 57.5 cm³/mol. The number of H-pyrrole nitrogens is 1. The first-order valence-corrected chi connectivity index (χ1v) is 5.84. The molecule has 0 unspecified atom stereocenters. The van der Waals surface area contributed by atoms with Crippen LogP contribution in [0.1, 0.15) is 30.1 Å². The number of ether oxygens (including phenoxy) is 2. The van der Waals surface area contributed by atoms with Gasteiger partial charge in [0.15, 0.2) is 0 Å². The van der Waals surface area contributed by atoms with Gasteiger partial charge in [0.2, 0.25) is 0 Å². The van der Waals surface area contributed by atoms with Crippen molar-refractivity contribution in [2.45, 2.75) is 31.9 Å². The quantitative estimate of drug-likeness (QED) is 0.760. The standard InChI is InChI=1S/C11H16N2O3/c14-11-9-7-16-6-3-10(9)12-13(11)8-1-4-15-5-2-8/h8,12H,1-7H2. The van der Waals surface area contributed by atoms with Crippen molar-refractivity contribution in [1.82, 2.24) is 9.78 Å². The van der Waals surface area contributed by atoms with Crippen molar-refractivity contribution in [3.05, 3.63) is 21.6 Å². The first kappa shape index (κ1) is 10.1. The average Bonchev–Trinajstić information content (AvgIpc) is 2.69. The Labute approximate surface area is 93.3 Å². The molecular formula is C11H16N2O3. The molecule has 2 aliphatic heterocycles. The molecule has 3 rings (SSSR count). The molecule has 1 saturated heterocycles. The summed E-state index contributed by atoms with van der Waals surface area (Å²) in [6, 6.07) is 0.270. The third-order valence-electron chi connectivity index (χ3n) is 3.40.